The molecule has 0 aliphatic carbocycles. The first-order chi connectivity index (χ1) is 8.47. The summed E-state index contributed by atoms with van der Waals surface area (Å²) < 4.78 is 1.81. The molecule has 0 radical (unpaired) electrons. The Morgan fingerprint density at radius 2 is 2.28 bits per heavy atom. The number of hydrogen-bond acceptors (Lipinski definition) is 5. The molecule has 6 heteroatoms. The number of nitrogens with two attached hydrogens (primary N) is 1. The zero-order valence-electron chi connectivity index (χ0n) is 11.2. The maximum Gasteiger partial charge on any atom is 0.185 e. The maximum absolute atomic E-state index is 5.92. The quantitative estimate of drug-likeness (QED) is 0.916. The Morgan fingerprint density at radius 1 is 1.56 bits per heavy atom. The molecule has 0 aliphatic heterocycles. The van der Waals surface area contributed by atoms with Crippen LogP contribution in [0.4, 0.5) is 5.13 Å². The summed E-state index contributed by atoms with van der Waals surface area (Å²) in [6, 6.07) is 0.0445. The van der Waals surface area contributed by atoms with Crippen LogP contribution in [0.25, 0.3) is 0 Å². The molecule has 2 rings (SSSR count). The Bertz CT molecular complexity index is 528. The van der Waals surface area contributed by atoms with Gasteiger partial charge in [0, 0.05) is 43.3 Å². The summed E-state index contributed by atoms with van der Waals surface area (Å²) in [6.45, 7) is 4.81. The highest BCUT2D eigenvalue weighted by Gasteiger charge is 2.14. The lowest BCUT2D eigenvalue weighted by atomic mass is 10.2. The molecule has 0 fully saturated rings. The smallest absolute Gasteiger partial charge is 0.185 e. The van der Waals surface area contributed by atoms with Gasteiger partial charge in [-0.2, -0.15) is 5.10 Å². The van der Waals surface area contributed by atoms with Crippen LogP contribution in [0.5, 0.6) is 0 Å². The van der Waals surface area contributed by atoms with E-state index >= 15 is 0 Å². The Labute approximate surface area is 111 Å². The molecule has 2 heterocycles. The van der Waals surface area contributed by atoms with Crippen LogP contribution in [-0.2, 0) is 13.6 Å². The van der Waals surface area contributed by atoms with Crippen molar-refractivity contribution in [2.45, 2.75) is 26.4 Å². The van der Waals surface area contributed by atoms with Gasteiger partial charge in [0.15, 0.2) is 5.13 Å². The van der Waals surface area contributed by atoms with Crippen LogP contribution in [0.15, 0.2) is 12.4 Å². The molecule has 18 heavy (non-hydrogen) atoms. The minimum Gasteiger partial charge on any atom is -0.347 e. The molecule has 98 valence electrons. The van der Waals surface area contributed by atoms with Crippen molar-refractivity contribution < 1.29 is 0 Å². The fourth-order valence-corrected chi connectivity index (χ4v) is 2.85. The number of hydrogen-bond donors (Lipinski definition) is 1. The second-order valence-electron chi connectivity index (χ2n) is 4.61. The van der Waals surface area contributed by atoms with Crippen LogP contribution in [0.2, 0.25) is 0 Å². The molecule has 5 nitrogen and oxygen atoms in total. The third-order valence-corrected chi connectivity index (χ3v) is 4.21. The summed E-state index contributed by atoms with van der Waals surface area (Å²) in [7, 11) is 3.96. The van der Waals surface area contributed by atoms with Gasteiger partial charge in [-0.25, -0.2) is 4.98 Å². The molecule has 0 amide bonds. The average Bonchev–Trinajstić information content (AvgIpc) is 2.85. The van der Waals surface area contributed by atoms with Gasteiger partial charge in [-0.05, 0) is 13.8 Å². The fraction of sp³-hybridized carbons (Fsp3) is 0.500. The van der Waals surface area contributed by atoms with Gasteiger partial charge in [0.05, 0.1) is 11.9 Å². The predicted octanol–water partition coefficient (Wildman–Crippen LogP) is 1.84. The topological polar surface area (TPSA) is 60.0 Å². The first kappa shape index (κ1) is 13.0. The summed E-state index contributed by atoms with van der Waals surface area (Å²) in [5.74, 6) is 0. The summed E-state index contributed by atoms with van der Waals surface area (Å²) in [6.07, 6.45) is 3.90. The molecule has 0 aromatic carbocycles. The lowest BCUT2D eigenvalue weighted by molar-refractivity contribution is 0.766. The Kier molecular flexibility index (Phi) is 3.68. The predicted molar refractivity (Wildman–Crippen MR) is 74.8 cm³/mol. The Balaban J connectivity index is 2.13. The summed E-state index contributed by atoms with van der Waals surface area (Å²) in [5.41, 5.74) is 8.13. The zero-order chi connectivity index (χ0) is 13.3. The summed E-state index contributed by atoms with van der Waals surface area (Å²) in [5, 5.41) is 5.17. The monoisotopic (exact) mass is 265 g/mol. The van der Waals surface area contributed by atoms with E-state index in [1.165, 1.54) is 5.56 Å². The third kappa shape index (κ3) is 2.70. The SMILES string of the molecule is Cc1nc(N(C)Cc2cnn(C)c2)sc1C(C)N. The van der Waals surface area contributed by atoms with E-state index in [9.17, 15) is 0 Å². The van der Waals surface area contributed by atoms with Crippen molar-refractivity contribution >= 4 is 16.5 Å². The van der Waals surface area contributed by atoms with Crippen molar-refractivity contribution in [2.75, 3.05) is 11.9 Å². The van der Waals surface area contributed by atoms with E-state index in [1.54, 1.807) is 11.3 Å². The molecule has 0 bridgehead atoms. The van der Waals surface area contributed by atoms with Gasteiger partial charge in [0.25, 0.3) is 0 Å². The van der Waals surface area contributed by atoms with Gasteiger partial charge in [0.2, 0.25) is 0 Å². The van der Waals surface area contributed by atoms with Crippen molar-refractivity contribution in [1.29, 1.82) is 0 Å². The lowest BCUT2D eigenvalue weighted by Gasteiger charge is -2.14. The van der Waals surface area contributed by atoms with E-state index in [2.05, 4.69) is 15.0 Å². The Hall–Kier alpha value is -1.40. The van der Waals surface area contributed by atoms with Crippen molar-refractivity contribution in [3.8, 4) is 0 Å². The summed E-state index contributed by atoms with van der Waals surface area (Å²) in [4.78, 5) is 7.85. The largest absolute Gasteiger partial charge is 0.347 e. The van der Waals surface area contributed by atoms with Gasteiger partial charge in [-0.3, -0.25) is 4.68 Å². The first-order valence-corrected chi connectivity index (χ1v) is 6.70. The summed E-state index contributed by atoms with van der Waals surface area (Å²) >= 11 is 1.66. The van der Waals surface area contributed by atoms with Crippen LogP contribution >= 0.6 is 11.3 Å². The second-order valence-corrected chi connectivity index (χ2v) is 5.62. The molecule has 2 aromatic heterocycles. The first-order valence-electron chi connectivity index (χ1n) is 5.89. The molecule has 0 saturated carbocycles. The molecule has 0 aliphatic rings. The zero-order valence-corrected chi connectivity index (χ0v) is 12.0. The molecule has 2 aromatic rings. The highest BCUT2D eigenvalue weighted by Crippen LogP contribution is 2.29. The van der Waals surface area contributed by atoms with Crippen LogP contribution in [0, 0.1) is 6.92 Å². The molecule has 1 atom stereocenters. The number of rotatable bonds is 4. The molecule has 1 unspecified atom stereocenters. The Morgan fingerprint density at radius 3 is 2.78 bits per heavy atom. The maximum atomic E-state index is 5.92. The molecule has 0 spiro atoms. The highest BCUT2D eigenvalue weighted by atomic mass is 32.1. The van der Waals surface area contributed by atoms with Crippen LogP contribution < -0.4 is 10.6 Å². The molecular weight excluding hydrogens is 246 g/mol. The fourth-order valence-electron chi connectivity index (χ4n) is 1.87. The number of anilines is 1. The van der Waals surface area contributed by atoms with Crippen molar-refractivity contribution in [2.24, 2.45) is 12.8 Å². The van der Waals surface area contributed by atoms with E-state index in [-0.39, 0.29) is 6.04 Å². The van der Waals surface area contributed by atoms with E-state index < -0.39 is 0 Å². The molecule has 0 saturated heterocycles. The number of thiazole rings is 1. The van der Waals surface area contributed by atoms with Crippen molar-refractivity contribution in [3.63, 3.8) is 0 Å². The normalized spacial score (nSPS) is 12.7. The van der Waals surface area contributed by atoms with E-state index in [4.69, 9.17) is 5.73 Å². The van der Waals surface area contributed by atoms with Crippen molar-refractivity contribution in [3.05, 3.63) is 28.5 Å². The van der Waals surface area contributed by atoms with Gasteiger partial charge < -0.3 is 10.6 Å². The molecule has 2 N–H and O–H groups in total. The van der Waals surface area contributed by atoms with Gasteiger partial charge in [0.1, 0.15) is 0 Å². The lowest BCUT2D eigenvalue weighted by Crippen LogP contribution is -2.15. The number of nitrogens with zero attached hydrogens (tertiary/aromatic N) is 4. The minimum absolute atomic E-state index is 0.0445. The minimum atomic E-state index is 0.0445. The van der Waals surface area contributed by atoms with Gasteiger partial charge in [-0.1, -0.05) is 0 Å². The molecular formula is C12H19N5S. The van der Waals surface area contributed by atoms with E-state index in [0.717, 1.165) is 22.2 Å². The number of aryl methyl sites for hydroxylation is 2. The van der Waals surface area contributed by atoms with Crippen molar-refractivity contribution in [1.82, 2.24) is 14.8 Å². The van der Waals surface area contributed by atoms with E-state index in [0.29, 0.717) is 0 Å². The second kappa shape index (κ2) is 5.07. The average molecular weight is 265 g/mol. The van der Waals surface area contributed by atoms with Gasteiger partial charge in [-0.15, -0.1) is 11.3 Å². The van der Waals surface area contributed by atoms with Gasteiger partial charge >= 0.3 is 0 Å². The van der Waals surface area contributed by atoms with Crippen LogP contribution in [0.3, 0.4) is 0 Å². The van der Waals surface area contributed by atoms with Crippen LogP contribution in [-0.4, -0.2) is 21.8 Å². The van der Waals surface area contributed by atoms with E-state index in [1.807, 2.05) is 45.0 Å². The van der Waals surface area contributed by atoms with Crippen LogP contribution in [0.1, 0.15) is 29.1 Å². The standard InChI is InChI=1S/C12H19N5S/c1-8(13)11-9(2)15-12(18-11)16(3)6-10-5-14-17(4)7-10/h5,7-8H,6,13H2,1-4H3. The number of aromatic nitrogens is 3. The highest BCUT2D eigenvalue weighted by molar-refractivity contribution is 7.15. The third-order valence-electron chi connectivity index (χ3n) is 2.74.